The van der Waals surface area contributed by atoms with Gasteiger partial charge in [-0.1, -0.05) is 31.2 Å². The number of piperazine rings is 1. The van der Waals surface area contributed by atoms with Crippen molar-refractivity contribution in [1.82, 2.24) is 14.8 Å². The lowest BCUT2D eigenvalue weighted by Crippen LogP contribution is -2.46. The number of aromatic nitrogens is 1. The van der Waals surface area contributed by atoms with Gasteiger partial charge in [0.25, 0.3) is 5.91 Å². The minimum atomic E-state index is -4.97. The summed E-state index contributed by atoms with van der Waals surface area (Å²) in [6.07, 6.45) is -8.51. The fourth-order valence-corrected chi connectivity index (χ4v) is 4.84. The Bertz CT molecular complexity index is 1330. The minimum absolute atomic E-state index is 0.0740. The van der Waals surface area contributed by atoms with Crippen LogP contribution < -0.4 is 4.90 Å². The van der Waals surface area contributed by atoms with Crippen LogP contribution in [-0.2, 0) is 18.9 Å². The van der Waals surface area contributed by atoms with Crippen molar-refractivity contribution < 1.29 is 31.1 Å². The van der Waals surface area contributed by atoms with E-state index >= 15 is 0 Å². The third kappa shape index (κ3) is 6.57. The molecule has 0 aliphatic carbocycles. The normalized spacial score (nSPS) is 14.9. The van der Waals surface area contributed by atoms with Gasteiger partial charge in [0.15, 0.2) is 0 Å². The van der Waals surface area contributed by atoms with Gasteiger partial charge in [0.05, 0.1) is 16.7 Å². The Morgan fingerprint density at radius 2 is 1.50 bits per heavy atom. The number of hydrogen-bond donors (Lipinski definition) is 0. The van der Waals surface area contributed by atoms with Crippen LogP contribution >= 0.6 is 0 Å². The minimum Gasteiger partial charge on any atom is -0.354 e. The first kappa shape index (κ1) is 29.4. The Hall–Kier alpha value is -3.60. The molecule has 0 spiro atoms. The number of alkyl halides is 6. The van der Waals surface area contributed by atoms with Crippen molar-refractivity contribution in [2.45, 2.75) is 32.7 Å². The van der Waals surface area contributed by atoms with Gasteiger partial charge in [0.1, 0.15) is 5.82 Å². The first-order valence-electron chi connectivity index (χ1n) is 12.8. The van der Waals surface area contributed by atoms with Crippen molar-refractivity contribution in [1.29, 1.82) is 0 Å². The average molecular weight is 565 g/mol. The summed E-state index contributed by atoms with van der Waals surface area (Å²) in [6.45, 7) is 7.76. The van der Waals surface area contributed by atoms with E-state index in [1.165, 1.54) is 13.2 Å². The number of halogens is 6. The smallest absolute Gasteiger partial charge is 0.354 e. The van der Waals surface area contributed by atoms with Gasteiger partial charge in [-0.3, -0.25) is 4.79 Å². The quantitative estimate of drug-likeness (QED) is 0.320. The highest BCUT2D eigenvalue weighted by Crippen LogP contribution is 2.37. The Balaban J connectivity index is 1.69. The van der Waals surface area contributed by atoms with Gasteiger partial charge in [-0.2, -0.15) is 26.3 Å². The van der Waals surface area contributed by atoms with Crippen LogP contribution in [0.1, 0.15) is 39.5 Å². The van der Waals surface area contributed by atoms with Crippen molar-refractivity contribution in [2.24, 2.45) is 0 Å². The maximum absolute atomic E-state index is 13.6. The van der Waals surface area contributed by atoms with Crippen LogP contribution in [0.4, 0.5) is 32.2 Å². The molecule has 1 fully saturated rings. The standard InChI is InChI=1S/C29H30F6N4O/c1-4-38-9-11-39(12-10-38)26-16-24(23-8-6-5-7-19(23)2)25(17-36-26)27(40)37(3)18-20-13-21(28(30,31)32)15-22(14-20)29(33,34)35/h5-8,13-17H,4,9-12,18H2,1-3H3. The number of likely N-dealkylation sites (N-methyl/N-ethyl adjacent to an activating group) is 1. The summed E-state index contributed by atoms with van der Waals surface area (Å²) in [7, 11) is 1.34. The van der Waals surface area contributed by atoms with Crippen molar-refractivity contribution in [3.05, 3.63) is 82.5 Å². The van der Waals surface area contributed by atoms with E-state index in [0.29, 0.717) is 23.5 Å². The van der Waals surface area contributed by atoms with E-state index in [2.05, 4.69) is 21.7 Å². The second kappa shape index (κ2) is 11.5. The van der Waals surface area contributed by atoms with Crippen LogP contribution in [0.15, 0.2) is 54.7 Å². The first-order valence-corrected chi connectivity index (χ1v) is 12.8. The van der Waals surface area contributed by atoms with Gasteiger partial charge in [0, 0.05) is 46.0 Å². The molecule has 1 amide bonds. The van der Waals surface area contributed by atoms with Crippen LogP contribution in [-0.4, -0.2) is 60.5 Å². The molecule has 5 nitrogen and oxygen atoms in total. The molecule has 1 saturated heterocycles. The molecule has 4 rings (SSSR count). The van der Waals surface area contributed by atoms with E-state index in [0.717, 1.165) is 48.8 Å². The summed E-state index contributed by atoms with van der Waals surface area (Å²) in [5.41, 5.74) is -0.642. The maximum atomic E-state index is 13.6. The molecule has 40 heavy (non-hydrogen) atoms. The summed E-state index contributed by atoms with van der Waals surface area (Å²) < 4.78 is 80.1. The summed E-state index contributed by atoms with van der Waals surface area (Å²) in [6, 6.07) is 10.6. The SMILES string of the molecule is CCN1CCN(c2cc(-c3ccccc3C)c(C(=O)N(C)Cc3cc(C(F)(F)F)cc(C(F)(F)F)c3)cn2)CC1. The zero-order valence-electron chi connectivity index (χ0n) is 22.4. The maximum Gasteiger partial charge on any atom is 0.416 e. The molecule has 0 unspecified atom stereocenters. The van der Waals surface area contributed by atoms with E-state index in [-0.39, 0.29) is 17.2 Å². The fraction of sp³-hybridized carbons (Fsp3) is 0.379. The fourth-order valence-electron chi connectivity index (χ4n) is 4.84. The number of aryl methyl sites for hydroxylation is 1. The van der Waals surface area contributed by atoms with Crippen molar-refractivity contribution in [3.63, 3.8) is 0 Å². The highest BCUT2D eigenvalue weighted by Gasteiger charge is 2.37. The number of rotatable bonds is 6. The molecular weight excluding hydrogens is 534 g/mol. The zero-order valence-corrected chi connectivity index (χ0v) is 22.4. The van der Waals surface area contributed by atoms with Gasteiger partial charge >= 0.3 is 12.4 Å². The molecule has 2 aromatic carbocycles. The third-order valence-corrected chi connectivity index (χ3v) is 7.11. The summed E-state index contributed by atoms with van der Waals surface area (Å²) in [5.74, 6) is 0.125. The lowest BCUT2D eigenvalue weighted by molar-refractivity contribution is -0.143. The molecule has 0 N–H and O–H groups in total. The Morgan fingerprint density at radius 1 is 0.900 bits per heavy atom. The lowest BCUT2D eigenvalue weighted by Gasteiger charge is -2.35. The average Bonchev–Trinajstić information content (AvgIpc) is 2.91. The van der Waals surface area contributed by atoms with Crippen molar-refractivity contribution >= 4 is 11.7 Å². The van der Waals surface area contributed by atoms with Crippen LogP contribution in [0, 0.1) is 6.92 Å². The van der Waals surface area contributed by atoms with Crippen molar-refractivity contribution in [2.75, 3.05) is 44.7 Å². The Kier molecular flexibility index (Phi) is 8.44. The number of nitrogens with zero attached hydrogens (tertiary/aromatic N) is 4. The number of carbonyl (C=O) groups excluding carboxylic acids is 1. The number of benzene rings is 2. The van der Waals surface area contributed by atoms with Crippen LogP contribution in [0.5, 0.6) is 0 Å². The predicted molar refractivity (Wildman–Crippen MR) is 141 cm³/mol. The van der Waals surface area contributed by atoms with Gasteiger partial charge < -0.3 is 14.7 Å². The molecule has 2 heterocycles. The van der Waals surface area contributed by atoms with E-state index in [4.69, 9.17) is 0 Å². The second-order valence-electron chi connectivity index (χ2n) is 9.90. The molecule has 1 aliphatic rings. The van der Waals surface area contributed by atoms with Gasteiger partial charge in [-0.25, -0.2) is 4.98 Å². The topological polar surface area (TPSA) is 39.7 Å². The molecule has 1 aromatic heterocycles. The third-order valence-electron chi connectivity index (χ3n) is 7.11. The van der Waals surface area contributed by atoms with E-state index in [1.807, 2.05) is 37.3 Å². The van der Waals surface area contributed by atoms with E-state index in [1.54, 1.807) is 0 Å². The van der Waals surface area contributed by atoms with E-state index in [9.17, 15) is 31.1 Å². The van der Waals surface area contributed by atoms with E-state index < -0.39 is 35.9 Å². The molecule has 1 aliphatic heterocycles. The molecule has 0 saturated carbocycles. The second-order valence-corrected chi connectivity index (χ2v) is 9.90. The number of amides is 1. The number of pyridine rings is 1. The summed E-state index contributed by atoms with van der Waals surface area (Å²) in [4.78, 5) is 23.7. The van der Waals surface area contributed by atoms with Gasteiger partial charge in [-0.15, -0.1) is 0 Å². The van der Waals surface area contributed by atoms with Crippen LogP contribution in [0.25, 0.3) is 11.1 Å². The number of hydrogen-bond acceptors (Lipinski definition) is 4. The van der Waals surface area contributed by atoms with Crippen molar-refractivity contribution in [3.8, 4) is 11.1 Å². The number of carbonyl (C=O) groups is 1. The van der Waals surface area contributed by atoms with Crippen LogP contribution in [0.3, 0.4) is 0 Å². The zero-order chi connectivity index (χ0) is 29.2. The Labute approximate surface area is 229 Å². The largest absolute Gasteiger partial charge is 0.416 e. The number of anilines is 1. The molecule has 3 aromatic rings. The predicted octanol–water partition coefficient (Wildman–Crippen LogP) is 6.51. The highest BCUT2D eigenvalue weighted by molar-refractivity contribution is 6.01. The summed E-state index contributed by atoms with van der Waals surface area (Å²) >= 11 is 0. The Morgan fingerprint density at radius 3 is 2.05 bits per heavy atom. The molecule has 0 atom stereocenters. The lowest BCUT2D eigenvalue weighted by atomic mass is 9.96. The molecule has 0 radical (unpaired) electrons. The molecule has 214 valence electrons. The van der Waals surface area contributed by atoms with Gasteiger partial charge in [-0.05, 0) is 60.0 Å². The molecule has 0 bridgehead atoms. The van der Waals surface area contributed by atoms with Crippen LogP contribution in [0.2, 0.25) is 0 Å². The highest BCUT2D eigenvalue weighted by atomic mass is 19.4. The molecule has 11 heteroatoms. The molecular formula is C29H30F6N4O. The first-order chi connectivity index (χ1) is 18.8. The van der Waals surface area contributed by atoms with Gasteiger partial charge in [0.2, 0.25) is 0 Å². The monoisotopic (exact) mass is 564 g/mol. The summed E-state index contributed by atoms with van der Waals surface area (Å²) in [5, 5.41) is 0.